The molecule has 0 saturated heterocycles. The van der Waals surface area contributed by atoms with Gasteiger partial charge in [0.1, 0.15) is 5.82 Å². The van der Waals surface area contributed by atoms with Crippen LogP contribution in [0.3, 0.4) is 0 Å². The largest absolute Gasteiger partial charge is 0.338 e. The van der Waals surface area contributed by atoms with Gasteiger partial charge in [-0.25, -0.2) is 4.98 Å². The molecule has 144 valence electrons. The number of ketones is 1. The number of aromatic amines is 1. The van der Waals surface area contributed by atoms with E-state index >= 15 is 0 Å². The molecule has 1 heterocycles. The van der Waals surface area contributed by atoms with E-state index in [9.17, 15) is 9.59 Å². The van der Waals surface area contributed by atoms with Gasteiger partial charge in [-0.15, -0.1) is 0 Å². The zero-order chi connectivity index (χ0) is 20.5. The Morgan fingerprint density at radius 2 is 1.66 bits per heavy atom. The number of hydrogen-bond donors (Lipinski definition) is 2. The summed E-state index contributed by atoms with van der Waals surface area (Å²) in [7, 11) is 0. The molecule has 2 N–H and O–H groups in total. The number of carbonyl (C=O) groups excluding carboxylic acids is 2. The number of rotatable bonds is 4. The molecule has 0 bridgehead atoms. The molecule has 7 heteroatoms. The fourth-order valence-electron chi connectivity index (χ4n) is 3.01. The van der Waals surface area contributed by atoms with Crippen LogP contribution in [0.15, 0.2) is 60.7 Å². The van der Waals surface area contributed by atoms with Crippen LogP contribution in [-0.4, -0.2) is 21.7 Å². The van der Waals surface area contributed by atoms with E-state index < -0.39 is 0 Å². The minimum atomic E-state index is -0.292. The highest BCUT2D eigenvalue weighted by molar-refractivity contribution is 6.39. The topological polar surface area (TPSA) is 74.8 Å². The summed E-state index contributed by atoms with van der Waals surface area (Å²) >= 11 is 12.5. The molecule has 29 heavy (non-hydrogen) atoms. The molecular formula is C22H15Cl2N3O2. The van der Waals surface area contributed by atoms with Crippen molar-refractivity contribution in [1.82, 2.24) is 9.97 Å². The van der Waals surface area contributed by atoms with Crippen LogP contribution in [-0.2, 0) is 0 Å². The third-order valence-electron chi connectivity index (χ3n) is 4.47. The van der Waals surface area contributed by atoms with Crippen LogP contribution in [0.1, 0.15) is 27.6 Å². The second-order valence-corrected chi connectivity index (χ2v) is 7.32. The lowest BCUT2D eigenvalue weighted by Gasteiger charge is -2.06. The number of amides is 1. The number of hydrogen-bond acceptors (Lipinski definition) is 3. The maximum atomic E-state index is 12.7. The Morgan fingerprint density at radius 3 is 2.38 bits per heavy atom. The summed E-state index contributed by atoms with van der Waals surface area (Å²) in [5.41, 5.74) is 3.52. The van der Waals surface area contributed by atoms with Crippen molar-refractivity contribution >= 4 is 51.6 Å². The first-order valence-electron chi connectivity index (χ1n) is 8.79. The van der Waals surface area contributed by atoms with Crippen molar-refractivity contribution in [2.75, 3.05) is 5.32 Å². The van der Waals surface area contributed by atoms with E-state index in [1.165, 1.54) is 6.92 Å². The zero-order valence-electron chi connectivity index (χ0n) is 15.3. The number of Topliss-reactive ketones (excluding diaryl/α,β-unsaturated/α-hetero) is 1. The lowest BCUT2D eigenvalue weighted by Crippen LogP contribution is -2.12. The molecule has 0 atom stereocenters. The molecule has 4 aromatic rings. The smallest absolute Gasteiger partial charge is 0.255 e. The molecule has 0 fully saturated rings. The van der Waals surface area contributed by atoms with E-state index in [4.69, 9.17) is 23.2 Å². The van der Waals surface area contributed by atoms with E-state index in [2.05, 4.69) is 15.3 Å². The van der Waals surface area contributed by atoms with Crippen LogP contribution in [0.5, 0.6) is 0 Å². The standard InChI is InChI=1S/C22H15Cl2N3O2/c1-12(28)13-4-2-5-15(10-13)25-22(29)14-8-9-18-19(11-14)27-21(26-18)20-16(23)6-3-7-17(20)24/h2-11H,1H3,(H,25,29)(H,26,27). The van der Waals surface area contributed by atoms with Crippen LogP contribution in [0.2, 0.25) is 10.0 Å². The molecule has 0 aliphatic carbocycles. The van der Waals surface area contributed by atoms with Gasteiger partial charge >= 0.3 is 0 Å². The summed E-state index contributed by atoms with van der Waals surface area (Å²) in [6.45, 7) is 1.48. The van der Waals surface area contributed by atoms with Gasteiger partial charge in [0, 0.05) is 16.8 Å². The summed E-state index contributed by atoms with van der Waals surface area (Å²) in [6.07, 6.45) is 0. The second kappa shape index (κ2) is 7.70. The van der Waals surface area contributed by atoms with Crippen molar-refractivity contribution in [1.29, 1.82) is 0 Å². The fourth-order valence-corrected chi connectivity index (χ4v) is 3.59. The Kier molecular flexibility index (Phi) is 5.09. The van der Waals surface area contributed by atoms with Gasteiger partial charge in [0.05, 0.1) is 26.6 Å². The first kappa shape index (κ1) is 19.2. The van der Waals surface area contributed by atoms with Gasteiger partial charge < -0.3 is 10.3 Å². The molecule has 1 amide bonds. The Hall–Kier alpha value is -3.15. The van der Waals surface area contributed by atoms with Crippen molar-refractivity contribution in [3.05, 3.63) is 81.8 Å². The van der Waals surface area contributed by atoms with E-state index in [-0.39, 0.29) is 11.7 Å². The number of carbonyl (C=O) groups is 2. The van der Waals surface area contributed by atoms with E-state index in [0.717, 1.165) is 0 Å². The van der Waals surface area contributed by atoms with Crippen molar-refractivity contribution < 1.29 is 9.59 Å². The van der Waals surface area contributed by atoms with Gasteiger partial charge in [0.15, 0.2) is 5.78 Å². The van der Waals surface area contributed by atoms with Crippen molar-refractivity contribution in [2.45, 2.75) is 6.92 Å². The van der Waals surface area contributed by atoms with Gasteiger partial charge in [-0.05, 0) is 49.4 Å². The first-order valence-corrected chi connectivity index (χ1v) is 9.54. The molecule has 1 aromatic heterocycles. The third-order valence-corrected chi connectivity index (χ3v) is 5.10. The molecule has 0 radical (unpaired) electrons. The molecule has 3 aromatic carbocycles. The van der Waals surface area contributed by atoms with E-state index in [1.807, 2.05) is 0 Å². The lowest BCUT2D eigenvalue weighted by atomic mass is 10.1. The first-order chi connectivity index (χ1) is 13.9. The number of halogens is 2. The van der Waals surface area contributed by atoms with Crippen molar-refractivity contribution in [3.63, 3.8) is 0 Å². The summed E-state index contributed by atoms with van der Waals surface area (Å²) in [5.74, 6) is 0.174. The molecule has 0 aliphatic rings. The quantitative estimate of drug-likeness (QED) is 0.395. The molecule has 4 rings (SSSR count). The number of fused-ring (bicyclic) bond motifs is 1. The number of imidazole rings is 1. The molecule has 0 saturated carbocycles. The van der Waals surface area contributed by atoms with Gasteiger partial charge in [-0.1, -0.05) is 41.4 Å². The summed E-state index contributed by atoms with van der Waals surface area (Å²) in [6, 6.07) is 17.2. The van der Waals surface area contributed by atoms with Crippen LogP contribution < -0.4 is 5.32 Å². The Morgan fingerprint density at radius 1 is 0.931 bits per heavy atom. The average molecular weight is 424 g/mol. The van der Waals surface area contributed by atoms with Gasteiger partial charge in [0.25, 0.3) is 5.91 Å². The number of nitrogens with one attached hydrogen (secondary N) is 2. The minimum Gasteiger partial charge on any atom is -0.338 e. The molecule has 0 spiro atoms. The molecule has 0 unspecified atom stereocenters. The molecule has 0 aliphatic heterocycles. The number of nitrogens with zero attached hydrogens (tertiary/aromatic N) is 1. The van der Waals surface area contributed by atoms with Gasteiger partial charge in [-0.3, -0.25) is 9.59 Å². The number of benzene rings is 3. The summed E-state index contributed by atoms with van der Waals surface area (Å²) in [4.78, 5) is 31.9. The zero-order valence-corrected chi connectivity index (χ0v) is 16.8. The Balaban J connectivity index is 1.65. The predicted octanol–water partition coefficient (Wildman–Crippen LogP) is 5.99. The SMILES string of the molecule is CC(=O)c1cccc(NC(=O)c2ccc3nc(-c4c(Cl)cccc4Cl)[nH]c3c2)c1. The van der Waals surface area contributed by atoms with Gasteiger partial charge in [0.2, 0.25) is 0 Å². The monoisotopic (exact) mass is 423 g/mol. The lowest BCUT2D eigenvalue weighted by molar-refractivity contribution is 0.101. The van der Waals surface area contributed by atoms with Crippen LogP contribution >= 0.6 is 23.2 Å². The van der Waals surface area contributed by atoms with E-state index in [1.54, 1.807) is 60.7 Å². The number of H-pyrrole nitrogens is 1. The van der Waals surface area contributed by atoms with Gasteiger partial charge in [-0.2, -0.15) is 0 Å². The number of anilines is 1. The molecule has 5 nitrogen and oxygen atoms in total. The second-order valence-electron chi connectivity index (χ2n) is 6.51. The van der Waals surface area contributed by atoms with Crippen LogP contribution in [0.25, 0.3) is 22.4 Å². The maximum absolute atomic E-state index is 12.7. The molecular weight excluding hydrogens is 409 g/mol. The highest BCUT2D eigenvalue weighted by Crippen LogP contribution is 2.33. The highest BCUT2D eigenvalue weighted by Gasteiger charge is 2.14. The summed E-state index contributed by atoms with van der Waals surface area (Å²) in [5, 5.41) is 3.78. The van der Waals surface area contributed by atoms with Crippen LogP contribution in [0.4, 0.5) is 5.69 Å². The van der Waals surface area contributed by atoms with Crippen LogP contribution in [0, 0.1) is 0 Å². The summed E-state index contributed by atoms with van der Waals surface area (Å²) < 4.78 is 0. The Bertz CT molecular complexity index is 1240. The minimum absolute atomic E-state index is 0.0641. The van der Waals surface area contributed by atoms with Crippen molar-refractivity contribution in [2.24, 2.45) is 0 Å². The fraction of sp³-hybridized carbons (Fsp3) is 0.0455. The third kappa shape index (κ3) is 3.88. The number of aromatic nitrogens is 2. The van der Waals surface area contributed by atoms with E-state index in [0.29, 0.717) is 49.3 Å². The normalized spacial score (nSPS) is 10.9. The average Bonchev–Trinajstić information content (AvgIpc) is 3.10. The maximum Gasteiger partial charge on any atom is 0.255 e. The highest BCUT2D eigenvalue weighted by atomic mass is 35.5. The van der Waals surface area contributed by atoms with Crippen molar-refractivity contribution in [3.8, 4) is 11.4 Å². The Labute approximate surface area is 176 Å². The predicted molar refractivity (Wildman–Crippen MR) is 116 cm³/mol.